The van der Waals surface area contributed by atoms with Crippen molar-refractivity contribution in [1.82, 2.24) is 25.2 Å². The van der Waals surface area contributed by atoms with E-state index in [2.05, 4.69) is 37.7 Å². The molecule has 3 rings (SSSR count). The molecular formula is C13H20N6S. The SMILES string of the molecule is Cc1csc(C(C)Cn2nnnc2N2CCCCC2)n1. The lowest BCUT2D eigenvalue weighted by molar-refractivity contribution is 0.502. The van der Waals surface area contributed by atoms with E-state index in [9.17, 15) is 0 Å². The van der Waals surface area contributed by atoms with Crippen LogP contribution in [-0.2, 0) is 6.54 Å². The lowest BCUT2D eigenvalue weighted by Gasteiger charge is -2.27. The van der Waals surface area contributed by atoms with E-state index in [1.807, 2.05) is 11.6 Å². The van der Waals surface area contributed by atoms with Crippen molar-refractivity contribution in [2.45, 2.75) is 45.6 Å². The first-order valence-corrected chi connectivity index (χ1v) is 8.05. The standard InChI is InChI=1S/C13H20N6S/c1-10(12-14-11(2)9-20-12)8-19-13(15-16-17-19)18-6-4-3-5-7-18/h9-10H,3-8H2,1-2H3. The summed E-state index contributed by atoms with van der Waals surface area (Å²) in [6.45, 7) is 7.12. The minimum Gasteiger partial charge on any atom is -0.340 e. The van der Waals surface area contributed by atoms with Crippen molar-refractivity contribution in [3.05, 3.63) is 16.1 Å². The van der Waals surface area contributed by atoms with Gasteiger partial charge in [-0.1, -0.05) is 12.0 Å². The van der Waals surface area contributed by atoms with Crippen LogP contribution in [0.1, 0.15) is 42.8 Å². The predicted molar refractivity (Wildman–Crippen MR) is 79.1 cm³/mol. The first-order valence-electron chi connectivity index (χ1n) is 7.17. The van der Waals surface area contributed by atoms with Gasteiger partial charge in [0.15, 0.2) is 0 Å². The van der Waals surface area contributed by atoms with Gasteiger partial charge in [-0.25, -0.2) is 9.67 Å². The van der Waals surface area contributed by atoms with Gasteiger partial charge < -0.3 is 4.90 Å². The van der Waals surface area contributed by atoms with E-state index in [-0.39, 0.29) is 0 Å². The summed E-state index contributed by atoms with van der Waals surface area (Å²) in [5, 5.41) is 15.5. The highest BCUT2D eigenvalue weighted by molar-refractivity contribution is 7.09. The fraction of sp³-hybridized carbons (Fsp3) is 0.692. The van der Waals surface area contributed by atoms with Crippen LogP contribution in [0.15, 0.2) is 5.38 Å². The Bertz CT molecular complexity index is 557. The van der Waals surface area contributed by atoms with Crippen LogP contribution in [0.3, 0.4) is 0 Å². The molecule has 1 saturated heterocycles. The van der Waals surface area contributed by atoms with Gasteiger partial charge in [-0.2, -0.15) is 0 Å². The van der Waals surface area contributed by atoms with Crippen molar-refractivity contribution < 1.29 is 0 Å². The summed E-state index contributed by atoms with van der Waals surface area (Å²) in [7, 11) is 0. The van der Waals surface area contributed by atoms with Gasteiger partial charge in [-0.3, -0.25) is 0 Å². The van der Waals surface area contributed by atoms with Crippen molar-refractivity contribution >= 4 is 17.3 Å². The molecule has 0 N–H and O–H groups in total. The molecule has 0 saturated carbocycles. The highest BCUT2D eigenvalue weighted by Gasteiger charge is 2.20. The zero-order chi connectivity index (χ0) is 13.9. The van der Waals surface area contributed by atoms with Crippen molar-refractivity contribution in [3.8, 4) is 0 Å². The average molecular weight is 292 g/mol. The Hall–Kier alpha value is -1.50. The van der Waals surface area contributed by atoms with Gasteiger partial charge in [0.25, 0.3) is 0 Å². The summed E-state index contributed by atoms with van der Waals surface area (Å²) in [6.07, 6.45) is 3.77. The fourth-order valence-electron chi connectivity index (χ4n) is 2.57. The number of aromatic nitrogens is 5. The van der Waals surface area contributed by atoms with Gasteiger partial charge in [-0.05, 0) is 36.6 Å². The summed E-state index contributed by atoms with van der Waals surface area (Å²) in [5.41, 5.74) is 1.09. The number of aryl methyl sites for hydroxylation is 1. The predicted octanol–water partition coefficient (Wildman–Crippen LogP) is 2.23. The molecule has 20 heavy (non-hydrogen) atoms. The molecule has 1 fully saturated rings. The zero-order valence-electron chi connectivity index (χ0n) is 12.0. The Kier molecular flexibility index (Phi) is 3.95. The Labute approximate surface area is 122 Å². The van der Waals surface area contributed by atoms with E-state index in [4.69, 9.17) is 0 Å². The van der Waals surface area contributed by atoms with Crippen LogP contribution in [0.5, 0.6) is 0 Å². The van der Waals surface area contributed by atoms with Crippen LogP contribution < -0.4 is 4.90 Å². The molecule has 7 heteroatoms. The molecule has 6 nitrogen and oxygen atoms in total. The molecule has 0 bridgehead atoms. The highest BCUT2D eigenvalue weighted by Crippen LogP contribution is 2.23. The third-order valence-corrected chi connectivity index (χ3v) is 4.85. The second-order valence-corrected chi connectivity index (χ2v) is 6.33. The van der Waals surface area contributed by atoms with Crippen LogP contribution >= 0.6 is 11.3 Å². The molecule has 3 heterocycles. The van der Waals surface area contributed by atoms with E-state index in [0.29, 0.717) is 5.92 Å². The molecule has 108 valence electrons. The van der Waals surface area contributed by atoms with Crippen molar-refractivity contribution in [3.63, 3.8) is 0 Å². The molecule has 1 aliphatic heterocycles. The number of nitrogens with zero attached hydrogens (tertiary/aromatic N) is 6. The number of thiazole rings is 1. The number of hydrogen-bond acceptors (Lipinski definition) is 6. The van der Waals surface area contributed by atoms with Crippen LogP contribution in [0, 0.1) is 6.92 Å². The Morgan fingerprint density at radius 1 is 1.30 bits per heavy atom. The second-order valence-electron chi connectivity index (χ2n) is 5.44. The molecule has 2 aromatic heterocycles. The Morgan fingerprint density at radius 3 is 2.80 bits per heavy atom. The molecule has 0 aromatic carbocycles. The van der Waals surface area contributed by atoms with Crippen LogP contribution in [0.25, 0.3) is 0 Å². The molecule has 1 atom stereocenters. The Morgan fingerprint density at radius 2 is 2.10 bits per heavy atom. The number of hydrogen-bond donors (Lipinski definition) is 0. The van der Waals surface area contributed by atoms with E-state index in [0.717, 1.165) is 36.3 Å². The van der Waals surface area contributed by atoms with Gasteiger partial charge >= 0.3 is 0 Å². The Balaban J connectivity index is 1.72. The zero-order valence-corrected chi connectivity index (χ0v) is 12.8. The van der Waals surface area contributed by atoms with E-state index < -0.39 is 0 Å². The van der Waals surface area contributed by atoms with Gasteiger partial charge in [0.05, 0.1) is 11.6 Å². The van der Waals surface area contributed by atoms with Crippen molar-refractivity contribution in [1.29, 1.82) is 0 Å². The topological polar surface area (TPSA) is 59.7 Å². The minimum atomic E-state index is 0.334. The van der Waals surface area contributed by atoms with Gasteiger partial charge in [-0.15, -0.1) is 11.3 Å². The number of piperidine rings is 1. The first kappa shape index (κ1) is 13.5. The number of tetrazole rings is 1. The molecular weight excluding hydrogens is 272 g/mol. The monoisotopic (exact) mass is 292 g/mol. The summed E-state index contributed by atoms with van der Waals surface area (Å²) in [4.78, 5) is 6.85. The van der Waals surface area contributed by atoms with Crippen LogP contribution in [0.2, 0.25) is 0 Å². The normalized spacial score (nSPS) is 17.4. The van der Waals surface area contributed by atoms with Gasteiger partial charge in [0.1, 0.15) is 0 Å². The lowest BCUT2D eigenvalue weighted by atomic mass is 10.1. The fourth-order valence-corrected chi connectivity index (χ4v) is 3.42. The van der Waals surface area contributed by atoms with Crippen molar-refractivity contribution in [2.75, 3.05) is 18.0 Å². The molecule has 2 aromatic rings. The summed E-state index contributed by atoms with van der Waals surface area (Å²) < 4.78 is 1.92. The van der Waals surface area contributed by atoms with Crippen LogP contribution in [-0.4, -0.2) is 38.3 Å². The maximum absolute atomic E-state index is 4.56. The molecule has 0 amide bonds. The summed E-state index contributed by atoms with van der Waals surface area (Å²) in [6, 6.07) is 0. The molecule has 0 spiro atoms. The third kappa shape index (κ3) is 2.82. The minimum absolute atomic E-state index is 0.334. The van der Waals surface area contributed by atoms with E-state index in [1.165, 1.54) is 19.3 Å². The molecule has 1 aliphatic rings. The number of anilines is 1. The summed E-state index contributed by atoms with van der Waals surface area (Å²) >= 11 is 1.71. The first-order chi connectivity index (χ1) is 9.74. The quantitative estimate of drug-likeness (QED) is 0.865. The lowest BCUT2D eigenvalue weighted by Crippen LogP contribution is -2.32. The van der Waals surface area contributed by atoms with Crippen molar-refractivity contribution in [2.24, 2.45) is 0 Å². The maximum Gasteiger partial charge on any atom is 0.245 e. The molecule has 0 radical (unpaired) electrons. The largest absolute Gasteiger partial charge is 0.340 e. The van der Waals surface area contributed by atoms with Crippen LogP contribution in [0.4, 0.5) is 5.95 Å². The van der Waals surface area contributed by atoms with E-state index in [1.54, 1.807) is 11.3 Å². The number of rotatable bonds is 4. The second kappa shape index (κ2) is 5.87. The summed E-state index contributed by atoms with van der Waals surface area (Å²) in [5.74, 6) is 1.24. The average Bonchev–Trinajstić information content (AvgIpc) is 3.09. The smallest absolute Gasteiger partial charge is 0.245 e. The van der Waals surface area contributed by atoms with Gasteiger partial charge in [0, 0.05) is 30.1 Å². The maximum atomic E-state index is 4.56. The third-order valence-electron chi connectivity index (χ3n) is 3.66. The molecule has 0 aliphatic carbocycles. The highest BCUT2D eigenvalue weighted by atomic mass is 32.1. The molecule has 1 unspecified atom stereocenters. The van der Waals surface area contributed by atoms with Gasteiger partial charge in [0.2, 0.25) is 5.95 Å². The van der Waals surface area contributed by atoms with E-state index >= 15 is 0 Å².